The quantitative estimate of drug-likeness (QED) is 0.814. The van der Waals surface area contributed by atoms with Crippen LogP contribution in [0.15, 0.2) is 30.4 Å². The van der Waals surface area contributed by atoms with E-state index in [1.807, 2.05) is 12.1 Å². The maximum absolute atomic E-state index is 10.00. The molecule has 0 saturated heterocycles. The van der Waals surface area contributed by atoms with Gasteiger partial charge in [0.05, 0.1) is 0 Å². The Morgan fingerprint density at radius 2 is 2.19 bits per heavy atom. The third-order valence-corrected chi connectivity index (χ3v) is 6.55. The molecule has 2 N–H and O–H groups in total. The van der Waals surface area contributed by atoms with Crippen LogP contribution in [0, 0.1) is 11.3 Å². The number of hydrogen-bond donors (Lipinski definition) is 2. The highest BCUT2D eigenvalue weighted by Gasteiger charge is 2.60. The molecule has 4 atom stereocenters. The maximum Gasteiger partial charge on any atom is 0.115 e. The molecule has 1 unspecified atom stereocenters. The number of fused-ring (bicyclic) bond motifs is 3. The zero-order chi connectivity index (χ0) is 14.7. The average Bonchev–Trinajstić information content (AvgIpc) is 2.73. The number of phenols is 1. The van der Waals surface area contributed by atoms with Gasteiger partial charge in [-0.25, -0.2) is 0 Å². The van der Waals surface area contributed by atoms with E-state index in [9.17, 15) is 5.11 Å². The summed E-state index contributed by atoms with van der Waals surface area (Å²) in [4.78, 5) is 0. The van der Waals surface area contributed by atoms with E-state index in [-0.39, 0.29) is 10.8 Å². The number of benzene rings is 1. The number of hydrogen-bond acceptors (Lipinski definition) is 2. The topological polar surface area (TPSA) is 32.3 Å². The molecular weight excluding hydrogens is 258 g/mol. The lowest BCUT2D eigenvalue weighted by molar-refractivity contribution is 0.0489. The maximum atomic E-state index is 10.00. The second kappa shape index (κ2) is 4.36. The number of aromatic hydroxyl groups is 1. The van der Waals surface area contributed by atoms with E-state index in [4.69, 9.17) is 0 Å². The fourth-order valence-electron chi connectivity index (χ4n) is 5.46. The number of nitrogens with one attached hydrogen (secondary N) is 1. The van der Waals surface area contributed by atoms with Crippen molar-refractivity contribution >= 4 is 0 Å². The summed E-state index contributed by atoms with van der Waals surface area (Å²) in [6.45, 7) is 5.68. The van der Waals surface area contributed by atoms with Crippen molar-refractivity contribution in [1.82, 2.24) is 5.32 Å². The van der Waals surface area contributed by atoms with Crippen LogP contribution in [0.4, 0.5) is 0 Å². The zero-order valence-electron chi connectivity index (χ0n) is 13.0. The molecule has 2 bridgehead atoms. The Hall–Kier alpha value is -1.28. The second-order valence-corrected chi connectivity index (χ2v) is 7.31. The molecule has 0 radical (unpaired) electrons. The van der Waals surface area contributed by atoms with Crippen LogP contribution in [0.1, 0.15) is 44.2 Å². The molecule has 1 fully saturated rings. The lowest BCUT2D eigenvalue weighted by Gasteiger charge is -2.57. The standard InChI is InChI=1S/C19H25NO/c1-3-20-17-14-6-9-18(2)16-12-15(21)5-4-13(16)7-10-19(17,18)11-8-14/h4-5,8,11-12,14,17,20-21H,3,6-7,9-10H2,1-2H3/t14-,17?,18+,19+/m1/s1. The Balaban J connectivity index is 1.89. The number of phenolic OH excluding ortho intramolecular Hbond substituents is 1. The monoisotopic (exact) mass is 283 g/mol. The van der Waals surface area contributed by atoms with Gasteiger partial charge in [-0.3, -0.25) is 0 Å². The molecule has 3 aliphatic carbocycles. The Bertz CT molecular complexity index is 608. The van der Waals surface area contributed by atoms with Gasteiger partial charge in [0.1, 0.15) is 5.75 Å². The molecule has 4 rings (SSSR count). The van der Waals surface area contributed by atoms with Gasteiger partial charge in [-0.1, -0.05) is 32.1 Å². The third-order valence-electron chi connectivity index (χ3n) is 6.55. The summed E-state index contributed by atoms with van der Waals surface area (Å²) in [5.41, 5.74) is 3.21. The van der Waals surface area contributed by atoms with Crippen LogP contribution in [-0.2, 0) is 11.8 Å². The SMILES string of the molecule is CCNC1[C@H]2C=C[C@@]13CCc1ccc(O)cc1[C@]3(C)CC2. The molecule has 2 heteroatoms. The van der Waals surface area contributed by atoms with Crippen molar-refractivity contribution in [2.75, 3.05) is 6.54 Å². The van der Waals surface area contributed by atoms with E-state index in [0.29, 0.717) is 17.7 Å². The summed E-state index contributed by atoms with van der Waals surface area (Å²) in [7, 11) is 0. The first kappa shape index (κ1) is 13.4. The van der Waals surface area contributed by atoms with Crippen molar-refractivity contribution in [3.63, 3.8) is 0 Å². The molecule has 2 nitrogen and oxygen atoms in total. The lowest BCUT2D eigenvalue weighted by Crippen LogP contribution is -2.60. The predicted octanol–water partition coefficient (Wildman–Crippen LogP) is 3.54. The van der Waals surface area contributed by atoms with Crippen LogP contribution < -0.4 is 5.32 Å². The fourth-order valence-corrected chi connectivity index (χ4v) is 5.46. The largest absolute Gasteiger partial charge is 0.508 e. The molecule has 3 aliphatic rings. The zero-order valence-corrected chi connectivity index (χ0v) is 13.0. The smallest absolute Gasteiger partial charge is 0.115 e. The van der Waals surface area contributed by atoms with Gasteiger partial charge in [-0.2, -0.15) is 0 Å². The normalized spacial score (nSPS) is 39.9. The first-order valence-electron chi connectivity index (χ1n) is 8.36. The molecule has 0 aliphatic heterocycles. The first-order chi connectivity index (χ1) is 10.1. The highest BCUT2D eigenvalue weighted by atomic mass is 16.3. The lowest BCUT2D eigenvalue weighted by atomic mass is 9.48. The van der Waals surface area contributed by atoms with Gasteiger partial charge in [0.25, 0.3) is 0 Å². The molecule has 112 valence electrons. The molecule has 0 amide bonds. The van der Waals surface area contributed by atoms with Gasteiger partial charge >= 0.3 is 0 Å². The summed E-state index contributed by atoms with van der Waals surface area (Å²) in [5, 5.41) is 13.8. The molecule has 21 heavy (non-hydrogen) atoms. The van der Waals surface area contributed by atoms with E-state index in [0.717, 1.165) is 13.0 Å². The van der Waals surface area contributed by atoms with Gasteiger partial charge < -0.3 is 10.4 Å². The van der Waals surface area contributed by atoms with Crippen molar-refractivity contribution in [1.29, 1.82) is 0 Å². The number of rotatable bonds is 2. The predicted molar refractivity (Wildman–Crippen MR) is 85.5 cm³/mol. The van der Waals surface area contributed by atoms with Crippen LogP contribution in [0.25, 0.3) is 0 Å². The summed E-state index contributed by atoms with van der Waals surface area (Å²) in [6.07, 6.45) is 9.82. The van der Waals surface area contributed by atoms with Gasteiger partial charge in [0, 0.05) is 16.9 Å². The van der Waals surface area contributed by atoms with Crippen LogP contribution in [0.2, 0.25) is 0 Å². The van der Waals surface area contributed by atoms with Crippen molar-refractivity contribution < 1.29 is 5.11 Å². The highest BCUT2D eigenvalue weighted by Crippen LogP contribution is 2.63. The molecular formula is C19H25NO. The van der Waals surface area contributed by atoms with Gasteiger partial charge in [0.2, 0.25) is 0 Å². The van der Waals surface area contributed by atoms with E-state index in [1.165, 1.54) is 30.4 Å². The summed E-state index contributed by atoms with van der Waals surface area (Å²) >= 11 is 0. The summed E-state index contributed by atoms with van der Waals surface area (Å²) in [6, 6.07) is 6.58. The van der Waals surface area contributed by atoms with Crippen LogP contribution in [-0.4, -0.2) is 17.7 Å². The molecule has 1 saturated carbocycles. The fraction of sp³-hybridized carbons (Fsp3) is 0.579. The van der Waals surface area contributed by atoms with Crippen molar-refractivity contribution in [2.24, 2.45) is 11.3 Å². The Morgan fingerprint density at radius 3 is 3.00 bits per heavy atom. The highest BCUT2D eigenvalue weighted by molar-refractivity contribution is 5.48. The van der Waals surface area contributed by atoms with Crippen LogP contribution in [0.5, 0.6) is 5.75 Å². The van der Waals surface area contributed by atoms with E-state index in [2.05, 4.69) is 37.4 Å². The molecule has 0 aromatic heterocycles. The van der Waals surface area contributed by atoms with Crippen molar-refractivity contribution in [3.8, 4) is 5.75 Å². The van der Waals surface area contributed by atoms with Gasteiger partial charge in [0.15, 0.2) is 0 Å². The van der Waals surface area contributed by atoms with Crippen LogP contribution in [0.3, 0.4) is 0 Å². The van der Waals surface area contributed by atoms with E-state index < -0.39 is 0 Å². The van der Waals surface area contributed by atoms with Gasteiger partial charge in [-0.15, -0.1) is 0 Å². The molecule has 1 aromatic carbocycles. The van der Waals surface area contributed by atoms with E-state index in [1.54, 1.807) is 0 Å². The first-order valence-corrected chi connectivity index (χ1v) is 8.36. The van der Waals surface area contributed by atoms with Crippen molar-refractivity contribution in [2.45, 2.75) is 51.0 Å². The van der Waals surface area contributed by atoms with E-state index >= 15 is 0 Å². The minimum absolute atomic E-state index is 0.148. The Morgan fingerprint density at radius 1 is 1.33 bits per heavy atom. The average molecular weight is 283 g/mol. The Labute approximate surface area is 127 Å². The summed E-state index contributed by atoms with van der Waals surface area (Å²) in [5.74, 6) is 1.10. The summed E-state index contributed by atoms with van der Waals surface area (Å²) < 4.78 is 0. The van der Waals surface area contributed by atoms with Gasteiger partial charge in [-0.05, 0) is 61.4 Å². The molecule has 1 aromatic rings. The second-order valence-electron chi connectivity index (χ2n) is 7.31. The minimum atomic E-state index is 0.148. The van der Waals surface area contributed by atoms with Crippen molar-refractivity contribution in [3.05, 3.63) is 41.5 Å². The minimum Gasteiger partial charge on any atom is -0.508 e. The molecule has 0 heterocycles. The molecule has 1 spiro atoms. The number of aryl methyl sites for hydroxylation is 1. The van der Waals surface area contributed by atoms with Crippen LogP contribution >= 0.6 is 0 Å². The third kappa shape index (κ3) is 1.57. The Kier molecular flexibility index (Phi) is 2.78.